The van der Waals surface area contributed by atoms with E-state index in [0.717, 1.165) is 17.7 Å². The molecule has 0 aliphatic rings. The topological polar surface area (TPSA) is 68.0 Å². The van der Waals surface area contributed by atoms with E-state index in [1.54, 1.807) is 12.3 Å². The van der Waals surface area contributed by atoms with E-state index in [-0.39, 0.29) is 5.91 Å². The second-order valence-electron chi connectivity index (χ2n) is 2.81. The van der Waals surface area contributed by atoms with E-state index in [0.29, 0.717) is 5.56 Å². The number of aryl methyl sites for hydroxylation is 2. The molecular formula is C9H13N3O. The average molecular weight is 179 g/mol. The lowest BCUT2D eigenvalue weighted by molar-refractivity contribution is 0.0952. The summed E-state index contributed by atoms with van der Waals surface area (Å²) in [5, 5.41) is 0. The van der Waals surface area contributed by atoms with Gasteiger partial charge in [0.2, 0.25) is 0 Å². The molecule has 0 fully saturated rings. The van der Waals surface area contributed by atoms with Crippen LogP contribution >= 0.6 is 0 Å². The predicted molar refractivity (Wildman–Crippen MR) is 50.0 cm³/mol. The monoisotopic (exact) mass is 179 g/mol. The third-order valence-electron chi connectivity index (χ3n) is 1.88. The fraction of sp³-hybridized carbons (Fsp3) is 0.333. The van der Waals surface area contributed by atoms with Gasteiger partial charge in [0, 0.05) is 17.5 Å². The third kappa shape index (κ3) is 2.03. The molecule has 13 heavy (non-hydrogen) atoms. The molecule has 0 spiro atoms. The van der Waals surface area contributed by atoms with E-state index in [1.807, 2.05) is 13.8 Å². The molecule has 1 aromatic rings. The van der Waals surface area contributed by atoms with Gasteiger partial charge >= 0.3 is 0 Å². The lowest BCUT2D eigenvalue weighted by atomic mass is 10.1. The molecule has 0 atom stereocenters. The van der Waals surface area contributed by atoms with E-state index < -0.39 is 0 Å². The number of hydrogen-bond donors (Lipinski definition) is 2. The molecule has 1 heterocycles. The Morgan fingerprint density at radius 3 is 2.92 bits per heavy atom. The minimum absolute atomic E-state index is 0.262. The number of carbonyl (C=O) groups excluding carboxylic acids is 1. The van der Waals surface area contributed by atoms with Crippen LogP contribution in [-0.4, -0.2) is 10.9 Å². The molecule has 0 aliphatic heterocycles. The van der Waals surface area contributed by atoms with Gasteiger partial charge in [-0.1, -0.05) is 6.92 Å². The summed E-state index contributed by atoms with van der Waals surface area (Å²) in [5.74, 6) is 4.80. The quantitative estimate of drug-likeness (QED) is 0.396. The maximum absolute atomic E-state index is 11.3. The van der Waals surface area contributed by atoms with Crippen molar-refractivity contribution in [3.8, 4) is 0 Å². The summed E-state index contributed by atoms with van der Waals surface area (Å²) in [6, 6.07) is 1.74. The van der Waals surface area contributed by atoms with E-state index in [4.69, 9.17) is 5.84 Å². The Morgan fingerprint density at radius 1 is 1.69 bits per heavy atom. The number of carbonyl (C=O) groups is 1. The molecule has 0 saturated heterocycles. The first kappa shape index (κ1) is 9.67. The second-order valence-corrected chi connectivity index (χ2v) is 2.81. The van der Waals surface area contributed by atoms with Crippen LogP contribution in [0.25, 0.3) is 0 Å². The van der Waals surface area contributed by atoms with E-state index in [9.17, 15) is 4.79 Å². The summed E-state index contributed by atoms with van der Waals surface area (Å²) in [6.45, 7) is 3.81. The normalized spacial score (nSPS) is 9.77. The molecular weight excluding hydrogens is 166 g/mol. The number of nitrogens with zero attached hydrogens (tertiary/aromatic N) is 1. The zero-order valence-corrected chi connectivity index (χ0v) is 7.79. The average Bonchev–Trinajstić information content (AvgIpc) is 2.16. The molecule has 0 saturated carbocycles. The van der Waals surface area contributed by atoms with Gasteiger partial charge in [-0.3, -0.25) is 15.2 Å². The highest BCUT2D eigenvalue weighted by atomic mass is 16.2. The van der Waals surface area contributed by atoms with Crippen molar-refractivity contribution in [2.75, 3.05) is 0 Å². The maximum Gasteiger partial charge on any atom is 0.265 e. The van der Waals surface area contributed by atoms with Crippen LogP contribution in [-0.2, 0) is 6.42 Å². The van der Waals surface area contributed by atoms with Crippen molar-refractivity contribution >= 4 is 5.91 Å². The van der Waals surface area contributed by atoms with Gasteiger partial charge in [0.1, 0.15) is 0 Å². The number of hydrazine groups is 1. The van der Waals surface area contributed by atoms with Crippen molar-refractivity contribution < 1.29 is 4.79 Å². The number of nitrogens with one attached hydrogen (secondary N) is 1. The molecule has 1 amide bonds. The highest BCUT2D eigenvalue weighted by molar-refractivity contribution is 5.95. The van der Waals surface area contributed by atoms with Crippen molar-refractivity contribution in [2.45, 2.75) is 20.3 Å². The third-order valence-corrected chi connectivity index (χ3v) is 1.88. The van der Waals surface area contributed by atoms with Crippen molar-refractivity contribution in [2.24, 2.45) is 5.84 Å². The summed E-state index contributed by atoms with van der Waals surface area (Å²) < 4.78 is 0. The van der Waals surface area contributed by atoms with Gasteiger partial charge < -0.3 is 0 Å². The van der Waals surface area contributed by atoms with Gasteiger partial charge in [0.05, 0.1) is 0 Å². The van der Waals surface area contributed by atoms with E-state index >= 15 is 0 Å². The van der Waals surface area contributed by atoms with Crippen LogP contribution in [0.1, 0.15) is 28.5 Å². The minimum Gasteiger partial charge on any atom is -0.290 e. The summed E-state index contributed by atoms with van der Waals surface area (Å²) in [5.41, 5.74) is 4.45. The highest BCUT2D eigenvalue weighted by Crippen LogP contribution is 2.09. The molecule has 0 aromatic carbocycles. The van der Waals surface area contributed by atoms with E-state index in [2.05, 4.69) is 10.4 Å². The Balaban J connectivity index is 3.15. The van der Waals surface area contributed by atoms with Crippen LogP contribution < -0.4 is 11.3 Å². The Hall–Kier alpha value is -1.42. The van der Waals surface area contributed by atoms with Crippen molar-refractivity contribution in [3.63, 3.8) is 0 Å². The number of nitrogens with two attached hydrogens (primary N) is 1. The first-order valence-electron chi connectivity index (χ1n) is 4.15. The van der Waals surface area contributed by atoms with Gasteiger partial charge in [-0.15, -0.1) is 0 Å². The standard InChI is InChI=1S/C9H13N3O/c1-3-7-5-11-6(2)4-8(7)9(13)12-10/h4-5H,3,10H2,1-2H3,(H,12,13). The molecule has 0 unspecified atom stereocenters. The smallest absolute Gasteiger partial charge is 0.265 e. The fourth-order valence-electron chi connectivity index (χ4n) is 1.16. The van der Waals surface area contributed by atoms with Crippen LogP contribution in [0.3, 0.4) is 0 Å². The Labute approximate surface area is 77.1 Å². The second kappa shape index (κ2) is 4.00. The SMILES string of the molecule is CCc1cnc(C)cc1C(=O)NN. The lowest BCUT2D eigenvalue weighted by Crippen LogP contribution is -2.30. The van der Waals surface area contributed by atoms with Crippen LogP contribution in [0, 0.1) is 6.92 Å². The van der Waals surface area contributed by atoms with Crippen LogP contribution in [0.5, 0.6) is 0 Å². The summed E-state index contributed by atoms with van der Waals surface area (Å²) in [7, 11) is 0. The van der Waals surface area contributed by atoms with Crippen LogP contribution in [0.15, 0.2) is 12.3 Å². The summed E-state index contributed by atoms with van der Waals surface area (Å²) >= 11 is 0. The number of rotatable bonds is 2. The zero-order chi connectivity index (χ0) is 9.84. The van der Waals surface area contributed by atoms with Crippen molar-refractivity contribution in [3.05, 3.63) is 29.1 Å². The van der Waals surface area contributed by atoms with Crippen molar-refractivity contribution in [1.82, 2.24) is 10.4 Å². The Morgan fingerprint density at radius 2 is 2.38 bits per heavy atom. The van der Waals surface area contributed by atoms with Gasteiger partial charge in [0.15, 0.2) is 0 Å². The highest BCUT2D eigenvalue weighted by Gasteiger charge is 2.09. The Bertz CT molecular complexity index is 323. The maximum atomic E-state index is 11.3. The molecule has 1 aromatic heterocycles. The minimum atomic E-state index is -0.262. The Kier molecular flexibility index (Phi) is 2.97. The molecule has 0 radical (unpaired) electrons. The molecule has 4 heteroatoms. The van der Waals surface area contributed by atoms with Crippen LogP contribution in [0.4, 0.5) is 0 Å². The van der Waals surface area contributed by atoms with Gasteiger partial charge in [-0.05, 0) is 25.0 Å². The fourth-order valence-corrected chi connectivity index (χ4v) is 1.16. The predicted octanol–water partition coefficient (Wildman–Crippen LogP) is 0.556. The number of nitrogen functional groups attached to an aromatic ring is 1. The number of hydrogen-bond acceptors (Lipinski definition) is 3. The molecule has 70 valence electrons. The molecule has 1 rings (SSSR count). The summed E-state index contributed by atoms with van der Waals surface area (Å²) in [4.78, 5) is 15.4. The lowest BCUT2D eigenvalue weighted by Gasteiger charge is -2.05. The molecule has 3 N–H and O–H groups in total. The number of amides is 1. The number of pyridine rings is 1. The number of aromatic nitrogens is 1. The molecule has 0 aliphatic carbocycles. The van der Waals surface area contributed by atoms with Gasteiger partial charge in [-0.2, -0.15) is 0 Å². The van der Waals surface area contributed by atoms with E-state index in [1.165, 1.54) is 0 Å². The molecule has 0 bridgehead atoms. The van der Waals surface area contributed by atoms with Crippen LogP contribution in [0.2, 0.25) is 0 Å². The first-order valence-corrected chi connectivity index (χ1v) is 4.15. The molecule has 4 nitrogen and oxygen atoms in total. The summed E-state index contributed by atoms with van der Waals surface area (Å²) in [6.07, 6.45) is 2.48. The van der Waals surface area contributed by atoms with Crippen molar-refractivity contribution in [1.29, 1.82) is 0 Å². The zero-order valence-electron chi connectivity index (χ0n) is 7.79. The largest absolute Gasteiger partial charge is 0.290 e. The van der Waals surface area contributed by atoms with Gasteiger partial charge in [0.25, 0.3) is 5.91 Å². The first-order chi connectivity index (χ1) is 6.19. The van der Waals surface area contributed by atoms with Gasteiger partial charge in [-0.25, -0.2) is 5.84 Å².